The van der Waals surface area contributed by atoms with E-state index in [-0.39, 0.29) is 23.6 Å². The standard InChI is InChI=1S/C31H35ClN2O5/c1-34-16-22-14-24(15-23(22)17-34)33-31(35)27-12-13-28(38-18-20-4-8-25(36-2)9-5-20)30(29(27)32)39-19-21-6-10-26(37-3)11-7-21/h4-13,22-24H,14-19H2,1-3H3,(H,33,35)/t22-,23+,24-. The number of amides is 1. The average molecular weight is 551 g/mol. The Balaban J connectivity index is 1.33. The number of ether oxygens (including phenoxy) is 4. The van der Waals surface area contributed by atoms with Crippen molar-refractivity contribution in [3.8, 4) is 23.0 Å². The minimum Gasteiger partial charge on any atom is -0.497 e. The molecule has 8 heteroatoms. The second-order valence-electron chi connectivity index (χ2n) is 10.4. The molecular formula is C31H35ClN2O5. The highest BCUT2D eigenvalue weighted by Gasteiger charge is 2.40. The summed E-state index contributed by atoms with van der Waals surface area (Å²) in [6.07, 6.45) is 2.00. The summed E-state index contributed by atoms with van der Waals surface area (Å²) in [5.74, 6) is 3.47. The van der Waals surface area contributed by atoms with Gasteiger partial charge in [0.1, 0.15) is 24.7 Å². The van der Waals surface area contributed by atoms with Crippen LogP contribution in [0, 0.1) is 11.8 Å². The smallest absolute Gasteiger partial charge is 0.253 e. The highest BCUT2D eigenvalue weighted by molar-refractivity contribution is 6.35. The van der Waals surface area contributed by atoms with Crippen LogP contribution in [0.1, 0.15) is 34.3 Å². The van der Waals surface area contributed by atoms with Gasteiger partial charge in [-0.25, -0.2) is 0 Å². The van der Waals surface area contributed by atoms with Gasteiger partial charge in [0, 0.05) is 19.1 Å². The number of halogens is 1. The molecule has 3 aromatic carbocycles. The van der Waals surface area contributed by atoms with Crippen molar-refractivity contribution in [2.45, 2.75) is 32.1 Å². The lowest BCUT2D eigenvalue weighted by molar-refractivity contribution is 0.0935. The molecule has 1 aliphatic heterocycles. The van der Waals surface area contributed by atoms with Crippen LogP contribution < -0.4 is 24.3 Å². The van der Waals surface area contributed by atoms with Gasteiger partial charge in [-0.15, -0.1) is 0 Å². The van der Waals surface area contributed by atoms with Crippen LogP contribution in [-0.4, -0.2) is 51.2 Å². The predicted octanol–water partition coefficient (Wildman–Crippen LogP) is 5.59. The fraction of sp³-hybridized carbons (Fsp3) is 0.387. The first kappa shape index (κ1) is 27.2. The van der Waals surface area contributed by atoms with Crippen LogP contribution in [0.5, 0.6) is 23.0 Å². The van der Waals surface area contributed by atoms with Gasteiger partial charge in [0.05, 0.1) is 24.8 Å². The number of carbonyl (C=O) groups is 1. The summed E-state index contributed by atoms with van der Waals surface area (Å²) in [6.45, 7) is 2.76. The van der Waals surface area contributed by atoms with E-state index in [2.05, 4.69) is 17.3 Å². The van der Waals surface area contributed by atoms with Gasteiger partial charge >= 0.3 is 0 Å². The van der Waals surface area contributed by atoms with Gasteiger partial charge in [-0.05, 0) is 79.3 Å². The number of benzene rings is 3. The van der Waals surface area contributed by atoms with E-state index in [1.807, 2.05) is 48.5 Å². The Labute approximate surface area is 235 Å². The summed E-state index contributed by atoms with van der Waals surface area (Å²) in [7, 11) is 5.43. The molecule has 3 atom stereocenters. The highest BCUT2D eigenvalue weighted by Crippen LogP contribution is 2.40. The van der Waals surface area contributed by atoms with E-state index in [0.29, 0.717) is 35.5 Å². The molecule has 3 aromatic rings. The molecule has 2 aliphatic rings. The van der Waals surface area contributed by atoms with Gasteiger partial charge in [0.2, 0.25) is 0 Å². The zero-order valence-corrected chi connectivity index (χ0v) is 23.4. The molecule has 1 heterocycles. The van der Waals surface area contributed by atoms with Crippen LogP contribution in [0.3, 0.4) is 0 Å². The Bertz CT molecular complexity index is 1270. The summed E-state index contributed by atoms with van der Waals surface area (Å²) < 4.78 is 22.8. The Morgan fingerprint density at radius 3 is 1.92 bits per heavy atom. The van der Waals surface area contributed by atoms with Gasteiger partial charge in [-0.1, -0.05) is 35.9 Å². The van der Waals surface area contributed by atoms with E-state index >= 15 is 0 Å². The van der Waals surface area contributed by atoms with Crippen LogP contribution >= 0.6 is 11.6 Å². The summed E-state index contributed by atoms with van der Waals surface area (Å²) in [5.41, 5.74) is 2.28. The molecule has 1 saturated carbocycles. The van der Waals surface area contributed by atoms with Gasteiger partial charge in [-0.3, -0.25) is 4.79 Å². The number of likely N-dealkylation sites (tertiary alicyclic amines) is 1. The van der Waals surface area contributed by atoms with Crippen molar-refractivity contribution in [1.29, 1.82) is 0 Å². The Morgan fingerprint density at radius 2 is 1.38 bits per heavy atom. The van der Waals surface area contributed by atoms with Crippen molar-refractivity contribution in [3.63, 3.8) is 0 Å². The SMILES string of the molecule is COc1ccc(COc2ccc(C(=O)N[C@@H]3C[C@@H]4CN(C)C[C@@H]4C3)c(Cl)c2OCc2ccc(OC)cc2)cc1. The first-order valence-electron chi connectivity index (χ1n) is 13.3. The number of nitrogens with one attached hydrogen (secondary N) is 1. The van der Waals surface area contributed by atoms with E-state index in [0.717, 1.165) is 48.6 Å². The molecule has 0 spiro atoms. The molecule has 0 radical (unpaired) electrons. The molecule has 1 saturated heterocycles. The van der Waals surface area contributed by atoms with Crippen molar-refractivity contribution in [3.05, 3.63) is 82.4 Å². The van der Waals surface area contributed by atoms with Crippen LogP contribution in [0.2, 0.25) is 5.02 Å². The van der Waals surface area contributed by atoms with E-state index in [1.54, 1.807) is 26.4 Å². The molecule has 0 bridgehead atoms. The summed E-state index contributed by atoms with van der Waals surface area (Å²) in [5, 5.41) is 3.46. The largest absolute Gasteiger partial charge is 0.497 e. The van der Waals surface area contributed by atoms with Gasteiger partial charge < -0.3 is 29.2 Å². The first-order chi connectivity index (χ1) is 18.9. The molecule has 1 aliphatic carbocycles. The van der Waals surface area contributed by atoms with E-state index in [4.69, 9.17) is 30.5 Å². The number of methoxy groups -OCH3 is 2. The monoisotopic (exact) mass is 550 g/mol. The third-order valence-corrected chi connectivity index (χ3v) is 8.05. The second kappa shape index (κ2) is 12.2. The molecule has 2 fully saturated rings. The average Bonchev–Trinajstić information content (AvgIpc) is 3.48. The third kappa shape index (κ3) is 6.43. The molecule has 0 aromatic heterocycles. The van der Waals surface area contributed by atoms with Crippen LogP contribution in [-0.2, 0) is 13.2 Å². The molecule has 5 rings (SSSR count). The molecular weight excluding hydrogens is 516 g/mol. The lowest BCUT2D eigenvalue weighted by Crippen LogP contribution is -2.34. The molecule has 39 heavy (non-hydrogen) atoms. The van der Waals surface area contributed by atoms with Crippen molar-refractivity contribution in [2.24, 2.45) is 11.8 Å². The van der Waals surface area contributed by atoms with Crippen molar-refractivity contribution in [2.75, 3.05) is 34.4 Å². The summed E-state index contributed by atoms with van der Waals surface area (Å²) in [4.78, 5) is 15.7. The maximum absolute atomic E-state index is 13.3. The third-order valence-electron chi connectivity index (χ3n) is 7.67. The van der Waals surface area contributed by atoms with Crippen molar-refractivity contribution >= 4 is 17.5 Å². The number of nitrogens with zero attached hydrogens (tertiary/aromatic N) is 1. The van der Waals surface area contributed by atoms with Crippen molar-refractivity contribution in [1.82, 2.24) is 10.2 Å². The molecule has 1 N–H and O–H groups in total. The Hall–Kier alpha value is -3.42. The molecule has 0 unspecified atom stereocenters. The van der Waals surface area contributed by atoms with E-state index in [9.17, 15) is 4.79 Å². The number of fused-ring (bicyclic) bond motifs is 1. The second-order valence-corrected chi connectivity index (χ2v) is 10.8. The maximum Gasteiger partial charge on any atom is 0.253 e. The minimum absolute atomic E-state index is 0.159. The quantitative estimate of drug-likeness (QED) is 0.355. The lowest BCUT2D eigenvalue weighted by Gasteiger charge is -2.19. The molecule has 7 nitrogen and oxygen atoms in total. The van der Waals surface area contributed by atoms with E-state index < -0.39 is 0 Å². The highest BCUT2D eigenvalue weighted by atomic mass is 35.5. The van der Waals surface area contributed by atoms with Gasteiger partial charge in [0.15, 0.2) is 11.5 Å². The summed E-state index contributed by atoms with van der Waals surface area (Å²) >= 11 is 6.84. The number of hydrogen-bond acceptors (Lipinski definition) is 6. The number of carbonyl (C=O) groups excluding carboxylic acids is 1. The van der Waals surface area contributed by atoms with Gasteiger partial charge in [0.25, 0.3) is 5.91 Å². The van der Waals surface area contributed by atoms with Crippen LogP contribution in [0.15, 0.2) is 60.7 Å². The zero-order chi connectivity index (χ0) is 27.4. The number of hydrogen-bond donors (Lipinski definition) is 1. The van der Waals surface area contributed by atoms with Crippen LogP contribution in [0.4, 0.5) is 0 Å². The fourth-order valence-corrected chi connectivity index (χ4v) is 5.93. The predicted molar refractivity (Wildman–Crippen MR) is 151 cm³/mol. The lowest BCUT2D eigenvalue weighted by atomic mass is 10.0. The first-order valence-corrected chi connectivity index (χ1v) is 13.6. The van der Waals surface area contributed by atoms with E-state index in [1.165, 1.54) is 0 Å². The van der Waals surface area contributed by atoms with Crippen molar-refractivity contribution < 1.29 is 23.7 Å². The fourth-order valence-electron chi connectivity index (χ4n) is 5.64. The summed E-state index contributed by atoms with van der Waals surface area (Å²) in [6, 6.07) is 18.9. The molecule has 206 valence electrons. The number of rotatable bonds is 10. The minimum atomic E-state index is -0.186. The van der Waals surface area contributed by atoms with Crippen LogP contribution in [0.25, 0.3) is 0 Å². The topological polar surface area (TPSA) is 69.3 Å². The Morgan fingerprint density at radius 1 is 0.846 bits per heavy atom. The zero-order valence-electron chi connectivity index (χ0n) is 22.6. The molecule has 1 amide bonds. The Kier molecular flexibility index (Phi) is 8.48. The normalized spacial score (nSPS) is 20.4. The maximum atomic E-state index is 13.3. The van der Waals surface area contributed by atoms with Gasteiger partial charge in [-0.2, -0.15) is 0 Å².